The quantitative estimate of drug-likeness (QED) is 0.0506. The number of hydrogen-bond acceptors (Lipinski definition) is 8. The van der Waals surface area contributed by atoms with Crippen LogP contribution in [0, 0.1) is 0 Å². The number of rotatable bonds is 36. The van der Waals surface area contributed by atoms with Gasteiger partial charge >= 0.3 is 11.9 Å². The highest BCUT2D eigenvalue weighted by Gasteiger charge is 2.36. The van der Waals surface area contributed by atoms with Gasteiger partial charge in [0.15, 0.2) is 0 Å². The highest BCUT2D eigenvalue weighted by atomic mass is 16.5. The highest BCUT2D eigenvalue weighted by molar-refractivity contribution is 5.79. The summed E-state index contributed by atoms with van der Waals surface area (Å²) in [4.78, 5) is 31.6. The average Bonchev–Trinajstić information content (AvgIpc) is 3.06. The molecule has 0 fully saturated rings. The molecule has 0 aliphatic rings. The Morgan fingerprint density at radius 1 is 0.468 bits per heavy atom. The van der Waals surface area contributed by atoms with Crippen LogP contribution in [0.2, 0.25) is 0 Å². The molecule has 8 heteroatoms. The molecule has 0 aromatic carbocycles. The number of hydrogen-bond donors (Lipinski definition) is 2. The van der Waals surface area contributed by atoms with E-state index in [0.717, 1.165) is 51.4 Å². The summed E-state index contributed by atoms with van der Waals surface area (Å²) in [5.41, 5.74) is 0. The molecule has 0 aliphatic heterocycles. The molecule has 2 atom stereocenters. The fourth-order valence-electron chi connectivity index (χ4n) is 6.27. The third-order valence-corrected chi connectivity index (χ3v) is 9.21. The Labute approximate surface area is 290 Å². The van der Waals surface area contributed by atoms with Crippen LogP contribution in [-0.2, 0) is 19.1 Å². The van der Waals surface area contributed by atoms with E-state index in [0.29, 0.717) is 58.7 Å². The summed E-state index contributed by atoms with van der Waals surface area (Å²) in [6.07, 6.45) is 24.7. The summed E-state index contributed by atoms with van der Waals surface area (Å²) in [6.45, 7) is 11.8. The SMILES string of the molecule is CCCCCCCCCCOC(=O)C(CCCC)N(CCCN(CCO)CCO)C(CCCC)C(=O)OCCCCCCCCCC. The topological polar surface area (TPSA) is 99.5 Å². The van der Waals surface area contributed by atoms with E-state index in [1.165, 1.54) is 77.0 Å². The first kappa shape index (κ1) is 45.8. The highest BCUT2D eigenvalue weighted by Crippen LogP contribution is 2.21. The predicted molar refractivity (Wildman–Crippen MR) is 196 cm³/mol. The first-order chi connectivity index (χ1) is 23.0. The fraction of sp³-hybridized carbons (Fsp3) is 0.949. The van der Waals surface area contributed by atoms with Crippen molar-refractivity contribution >= 4 is 11.9 Å². The number of aliphatic hydroxyl groups is 2. The van der Waals surface area contributed by atoms with Gasteiger partial charge in [-0.3, -0.25) is 19.4 Å². The van der Waals surface area contributed by atoms with Crippen molar-refractivity contribution in [2.45, 2.75) is 187 Å². The Kier molecular flexibility index (Phi) is 33.7. The van der Waals surface area contributed by atoms with Crippen LogP contribution in [0.3, 0.4) is 0 Å². The maximum Gasteiger partial charge on any atom is 0.323 e. The molecular weight excluding hydrogens is 592 g/mol. The summed E-state index contributed by atoms with van der Waals surface area (Å²) < 4.78 is 11.8. The second-order valence-corrected chi connectivity index (χ2v) is 13.5. The lowest BCUT2D eigenvalue weighted by Gasteiger charge is -2.36. The average molecular weight is 671 g/mol. The number of aliphatic hydroxyl groups excluding tert-OH is 2. The van der Waals surface area contributed by atoms with Crippen LogP contribution < -0.4 is 0 Å². The van der Waals surface area contributed by atoms with Crippen molar-refractivity contribution < 1.29 is 29.3 Å². The number of carbonyl (C=O) groups is 2. The van der Waals surface area contributed by atoms with Gasteiger partial charge in [0.25, 0.3) is 0 Å². The van der Waals surface area contributed by atoms with Crippen LogP contribution in [0.1, 0.15) is 175 Å². The van der Waals surface area contributed by atoms with E-state index in [9.17, 15) is 19.8 Å². The molecule has 0 aliphatic carbocycles. The van der Waals surface area contributed by atoms with Crippen molar-refractivity contribution in [3.05, 3.63) is 0 Å². The molecular formula is C39H78N2O6. The molecule has 8 nitrogen and oxygen atoms in total. The summed E-state index contributed by atoms with van der Waals surface area (Å²) in [6, 6.07) is -0.990. The van der Waals surface area contributed by atoms with Gasteiger partial charge in [0.2, 0.25) is 0 Å². The van der Waals surface area contributed by atoms with E-state index >= 15 is 0 Å². The second-order valence-electron chi connectivity index (χ2n) is 13.5. The van der Waals surface area contributed by atoms with Crippen molar-refractivity contribution in [1.29, 1.82) is 0 Å². The Bertz CT molecular complexity index is 642. The normalized spacial score (nSPS) is 12.9. The van der Waals surface area contributed by atoms with E-state index < -0.39 is 12.1 Å². The molecule has 0 saturated carbocycles. The van der Waals surface area contributed by atoms with Crippen LogP contribution in [-0.4, -0.2) is 96.6 Å². The zero-order valence-electron chi connectivity index (χ0n) is 31.5. The molecule has 0 heterocycles. The van der Waals surface area contributed by atoms with Crippen LogP contribution in [0.5, 0.6) is 0 Å². The summed E-state index contributed by atoms with van der Waals surface area (Å²) >= 11 is 0. The number of ether oxygens (including phenoxy) is 2. The van der Waals surface area contributed by atoms with Crippen molar-refractivity contribution in [2.24, 2.45) is 0 Å². The van der Waals surface area contributed by atoms with Gasteiger partial charge in [-0.25, -0.2) is 0 Å². The monoisotopic (exact) mass is 671 g/mol. The predicted octanol–water partition coefficient (Wildman–Crippen LogP) is 8.45. The van der Waals surface area contributed by atoms with Crippen LogP contribution in [0.15, 0.2) is 0 Å². The van der Waals surface area contributed by atoms with Gasteiger partial charge in [-0.15, -0.1) is 0 Å². The fourth-order valence-corrected chi connectivity index (χ4v) is 6.27. The molecule has 0 saturated heterocycles. The summed E-state index contributed by atoms with van der Waals surface area (Å²) in [5, 5.41) is 19.0. The lowest BCUT2D eigenvalue weighted by molar-refractivity contribution is -0.158. The lowest BCUT2D eigenvalue weighted by Crippen LogP contribution is -2.52. The number of esters is 2. The maximum atomic E-state index is 13.7. The zero-order chi connectivity index (χ0) is 34.8. The largest absolute Gasteiger partial charge is 0.465 e. The maximum absolute atomic E-state index is 13.7. The van der Waals surface area contributed by atoms with Gasteiger partial charge < -0.3 is 19.7 Å². The number of carbonyl (C=O) groups excluding carboxylic acids is 2. The third kappa shape index (κ3) is 25.4. The zero-order valence-corrected chi connectivity index (χ0v) is 31.5. The Hall–Kier alpha value is -1.22. The first-order valence-electron chi connectivity index (χ1n) is 20.0. The molecule has 0 radical (unpaired) electrons. The van der Waals surface area contributed by atoms with Crippen LogP contribution in [0.4, 0.5) is 0 Å². The molecule has 47 heavy (non-hydrogen) atoms. The summed E-state index contributed by atoms with van der Waals surface area (Å²) in [5.74, 6) is -0.442. The Balaban J connectivity index is 5.55. The van der Waals surface area contributed by atoms with Crippen molar-refractivity contribution in [1.82, 2.24) is 9.80 Å². The van der Waals surface area contributed by atoms with E-state index in [-0.39, 0.29) is 25.2 Å². The minimum absolute atomic E-state index is 0.0259. The molecule has 0 aromatic heterocycles. The molecule has 280 valence electrons. The van der Waals surface area contributed by atoms with E-state index in [2.05, 4.69) is 32.6 Å². The summed E-state index contributed by atoms with van der Waals surface area (Å²) in [7, 11) is 0. The second kappa shape index (κ2) is 34.6. The van der Waals surface area contributed by atoms with Crippen molar-refractivity contribution in [2.75, 3.05) is 52.6 Å². The van der Waals surface area contributed by atoms with Crippen molar-refractivity contribution in [3.8, 4) is 0 Å². The lowest BCUT2D eigenvalue weighted by atomic mass is 10.0. The molecule has 0 spiro atoms. The van der Waals surface area contributed by atoms with Gasteiger partial charge in [-0.2, -0.15) is 0 Å². The van der Waals surface area contributed by atoms with Gasteiger partial charge in [0.1, 0.15) is 12.1 Å². The van der Waals surface area contributed by atoms with E-state index in [4.69, 9.17) is 9.47 Å². The molecule has 0 bridgehead atoms. The van der Waals surface area contributed by atoms with E-state index in [1.54, 1.807) is 0 Å². The molecule has 2 N–H and O–H groups in total. The van der Waals surface area contributed by atoms with Gasteiger partial charge in [0, 0.05) is 19.6 Å². The standard InChI is InChI=1S/C39H78N2O6/c1-5-9-13-15-17-19-21-23-34-46-38(44)36(26-11-7-3)41(29-25-28-40(30-32-42)31-33-43)37(27-12-8-4)39(45)47-35-24-22-20-18-16-14-10-6-2/h36-37,42-43H,5-35H2,1-4H3. The molecule has 2 unspecified atom stereocenters. The molecule has 0 amide bonds. The van der Waals surface area contributed by atoms with Crippen LogP contribution in [0.25, 0.3) is 0 Å². The Morgan fingerprint density at radius 2 is 0.830 bits per heavy atom. The number of nitrogens with zero attached hydrogens (tertiary/aromatic N) is 2. The first-order valence-corrected chi connectivity index (χ1v) is 20.0. The van der Waals surface area contributed by atoms with Crippen molar-refractivity contribution in [3.63, 3.8) is 0 Å². The smallest absolute Gasteiger partial charge is 0.323 e. The van der Waals surface area contributed by atoms with Gasteiger partial charge in [-0.1, -0.05) is 143 Å². The van der Waals surface area contributed by atoms with E-state index in [1.807, 2.05) is 4.90 Å². The number of unbranched alkanes of at least 4 members (excludes halogenated alkanes) is 16. The van der Waals surface area contributed by atoms with Crippen LogP contribution >= 0.6 is 0 Å². The van der Waals surface area contributed by atoms with Gasteiger partial charge in [-0.05, 0) is 38.6 Å². The minimum Gasteiger partial charge on any atom is -0.465 e. The van der Waals surface area contributed by atoms with Gasteiger partial charge in [0.05, 0.1) is 26.4 Å². The molecule has 0 rings (SSSR count). The third-order valence-electron chi connectivity index (χ3n) is 9.21. The minimum atomic E-state index is -0.495. The Morgan fingerprint density at radius 3 is 1.19 bits per heavy atom. The molecule has 0 aromatic rings.